The zero-order valence-corrected chi connectivity index (χ0v) is 18.3. The lowest BCUT2D eigenvalue weighted by Gasteiger charge is -2.24. The molecule has 1 unspecified atom stereocenters. The van der Waals surface area contributed by atoms with Crippen LogP contribution >= 0.6 is 0 Å². The van der Waals surface area contributed by atoms with E-state index in [0.29, 0.717) is 29.7 Å². The zero-order chi connectivity index (χ0) is 22.5. The molecule has 162 valence electrons. The third kappa shape index (κ3) is 5.45. The maximum atomic E-state index is 11.7. The summed E-state index contributed by atoms with van der Waals surface area (Å²) < 4.78 is 0. The number of primary amides is 1. The van der Waals surface area contributed by atoms with E-state index in [1.54, 1.807) is 12.1 Å². The van der Waals surface area contributed by atoms with E-state index >= 15 is 0 Å². The first-order chi connectivity index (χ1) is 14.8. The first-order valence-corrected chi connectivity index (χ1v) is 10.2. The summed E-state index contributed by atoms with van der Waals surface area (Å²) in [6.07, 6.45) is 0.888. The van der Waals surface area contributed by atoms with Crippen molar-refractivity contribution in [3.8, 4) is 11.3 Å². The number of benzene rings is 2. The monoisotopic (exact) mass is 419 g/mol. The van der Waals surface area contributed by atoms with Gasteiger partial charge >= 0.3 is 0 Å². The van der Waals surface area contributed by atoms with E-state index in [4.69, 9.17) is 5.73 Å². The van der Waals surface area contributed by atoms with Crippen LogP contribution in [0.2, 0.25) is 0 Å². The van der Waals surface area contributed by atoms with Crippen LogP contribution in [0, 0.1) is 6.92 Å². The molecule has 31 heavy (non-hydrogen) atoms. The first-order valence-electron chi connectivity index (χ1n) is 10.2. The lowest BCUT2D eigenvalue weighted by molar-refractivity contribution is 0.0999. The van der Waals surface area contributed by atoms with Crippen molar-refractivity contribution in [3.63, 3.8) is 0 Å². The fraction of sp³-hybridized carbons (Fsp3) is 0.292. The van der Waals surface area contributed by atoms with Gasteiger partial charge in [-0.2, -0.15) is 0 Å². The van der Waals surface area contributed by atoms with Gasteiger partial charge < -0.3 is 21.1 Å². The summed E-state index contributed by atoms with van der Waals surface area (Å²) in [6, 6.07) is 15.2. The number of likely N-dealkylation sites (N-methyl/N-ethyl adjacent to an activating group) is 1. The van der Waals surface area contributed by atoms with Crippen LogP contribution in [0.25, 0.3) is 11.3 Å². The van der Waals surface area contributed by atoms with E-state index in [-0.39, 0.29) is 0 Å². The number of nitrogens with zero attached hydrogens (tertiary/aromatic N) is 3. The van der Waals surface area contributed by atoms with Gasteiger partial charge in [0.25, 0.3) is 0 Å². The summed E-state index contributed by atoms with van der Waals surface area (Å²) >= 11 is 0. The Morgan fingerprint density at radius 3 is 2.61 bits per heavy atom. The third-order valence-corrected chi connectivity index (χ3v) is 5.43. The lowest BCUT2D eigenvalue weighted by atomic mass is 9.99. The lowest BCUT2D eigenvalue weighted by Crippen LogP contribution is -2.30. The summed E-state index contributed by atoms with van der Waals surface area (Å²) in [5, 5.41) is 13.9. The molecule has 0 radical (unpaired) electrons. The largest absolute Gasteiger partial charge is 0.387 e. The molecule has 1 amide bonds. The number of aliphatic hydroxyl groups excluding tert-OH is 1. The minimum absolute atomic E-state index is 0.354. The summed E-state index contributed by atoms with van der Waals surface area (Å²) in [4.78, 5) is 22.4. The summed E-state index contributed by atoms with van der Waals surface area (Å²) in [5.74, 6) is 0.144. The van der Waals surface area contributed by atoms with Crippen LogP contribution in [0.1, 0.15) is 41.4 Å². The molecule has 0 saturated carbocycles. The van der Waals surface area contributed by atoms with Gasteiger partial charge in [-0.05, 0) is 57.1 Å². The molecule has 3 rings (SSSR count). The highest BCUT2D eigenvalue weighted by Gasteiger charge is 2.14. The predicted molar refractivity (Wildman–Crippen MR) is 123 cm³/mol. The molecule has 0 aliphatic rings. The maximum Gasteiger partial charge on any atom is 0.248 e. The van der Waals surface area contributed by atoms with Gasteiger partial charge in [0.1, 0.15) is 12.1 Å². The number of hydrogen-bond donors (Lipinski definition) is 3. The van der Waals surface area contributed by atoms with Gasteiger partial charge in [-0.3, -0.25) is 4.79 Å². The van der Waals surface area contributed by atoms with Crippen LogP contribution in [0.3, 0.4) is 0 Å². The van der Waals surface area contributed by atoms with E-state index in [1.165, 1.54) is 6.33 Å². The van der Waals surface area contributed by atoms with Crippen molar-refractivity contribution in [2.45, 2.75) is 32.9 Å². The Kier molecular flexibility index (Phi) is 6.99. The summed E-state index contributed by atoms with van der Waals surface area (Å²) in [7, 11) is 1.99. The van der Waals surface area contributed by atoms with Crippen molar-refractivity contribution in [2.24, 2.45) is 5.73 Å². The van der Waals surface area contributed by atoms with Gasteiger partial charge in [-0.1, -0.05) is 24.3 Å². The van der Waals surface area contributed by atoms with Crippen molar-refractivity contribution in [1.29, 1.82) is 0 Å². The van der Waals surface area contributed by atoms with Gasteiger partial charge in [0.15, 0.2) is 0 Å². The first kappa shape index (κ1) is 22.4. The normalized spacial score (nSPS) is 12.2. The molecular weight excluding hydrogens is 390 g/mol. The average Bonchev–Trinajstić information content (AvgIpc) is 2.74. The Morgan fingerprint density at radius 1 is 1.16 bits per heavy atom. The van der Waals surface area contributed by atoms with Gasteiger partial charge in [0.05, 0.1) is 11.8 Å². The van der Waals surface area contributed by atoms with Crippen molar-refractivity contribution < 1.29 is 9.90 Å². The number of rotatable bonds is 8. The molecule has 7 heteroatoms. The van der Waals surface area contributed by atoms with Gasteiger partial charge in [-0.15, -0.1) is 0 Å². The molecular formula is C24H29N5O2. The maximum absolute atomic E-state index is 11.7. The summed E-state index contributed by atoms with van der Waals surface area (Å²) in [6.45, 7) is 6.59. The number of anilines is 2. The SMILES string of the molecule is Cc1c(C(N)=O)cccc1-c1cc(Nc2cccc(C(O)CN(C)C(C)C)c2)ncn1. The highest BCUT2D eigenvalue weighted by atomic mass is 16.3. The number of nitrogens with one attached hydrogen (secondary N) is 1. The Labute approximate surface area is 183 Å². The number of aromatic nitrogens is 2. The second kappa shape index (κ2) is 9.68. The van der Waals surface area contributed by atoms with Crippen LogP contribution in [0.5, 0.6) is 0 Å². The van der Waals surface area contributed by atoms with E-state index in [9.17, 15) is 9.90 Å². The van der Waals surface area contributed by atoms with Crippen molar-refractivity contribution in [2.75, 3.05) is 18.9 Å². The molecule has 0 bridgehead atoms. The standard InChI is InChI=1S/C24H29N5O2/c1-15(2)29(4)13-22(30)17-7-5-8-18(11-17)28-23-12-21(26-14-27-23)19-9-6-10-20(16(19)3)24(25)31/h5-12,14-15,22,30H,13H2,1-4H3,(H2,25,31)(H,26,27,28). The smallest absolute Gasteiger partial charge is 0.248 e. The molecule has 1 heterocycles. The Hall–Kier alpha value is -3.29. The van der Waals surface area contributed by atoms with Crippen LogP contribution in [-0.2, 0) is 0 Å². The van der Waals surface area contributed by atoms with Crippen molar-refractivity contribution in [3.05, 3.63) is 71.5 Å². The van der Waals surface area contributed by atoms with Crippen LogP contribution in [-0.4, -0.2) is 45.5 Å². The van der Waals surface area contributed by atoms with Crippen LogP contribution in [0.15, 0.2) is 54.9 Å². The number of amides is 1. The Balaban J connectivity index is 1.82. The highest BCUT2D eigenvalue weighted by molar-refractivity contribution is 5.96. The number of aliphatic hydroxyl groups is 1. The fourth-order valence-corrected chi connectivity index (χ4v) is 3.31. The fourth-order valence-electron chi connectivity index (χ4n) is 3.31. The quantitative estimate of drug-likeness (QED) is 0.515. The minimum Gasteiger partial charge on any atom is -0.387 e. The van der Waals surface area contributed by atoms with E-state index < -0.39 is 12.0 Å². The Morgan fingerprint density at radius 2 is 1.90 bits per heavy atom. The van der Waals surface area contributed by atoms with Gasteiger partial charge in [0.2, 0.25) is 5.91 Å². The van der Waals surface area contributed by atoms with Crippen LogP contribution < -0.4 is 11.1 Å². The van der Waals surface area contributed by atoms with Crippen molar-refractivity contribution in [1.82, 2.24) is 14.9 Å². The third-order valence-electron chi connectivity index (χ3n) is 5.43. The molecule has 1 aromatic heterocycles. The summed E-state index contributed by atoms with van der Waals surface area (Å²) in [5.41, 5.74) is 9.87. The number of nitrogens with two attached hydrogens (primary N) is 1. The second-order valence-corrected chi connectivity index (χ2v) is 7.93. The number of carbonyl (C=O) groups is 1. The number of carbonyl (C=O) groups excluding carboxylic acids is 1. The second-order valence-electron chi connectivity index (χ2n) is 7.93. The van der Waals surface area contributed by atoms with Gasteiger partial charge in [0, 0.05) is 35.5 Å². The van der Waals surface area contributed by atoms with E-state index in [2.05, 4.69) is 34.0 Å². The average molecular weight is 420 g/mol. The molecule has 0 saturated heterocycles. The number of hydrogen-bond acceptors (Lipinski definition) is 6. The topological polar surface area (TPSA) is 104 Å². The predicted octanol–water partition coefficient (Wildman–Crippen LogP) is 3.67. The molecule has 0 fully saturated rings. The zero-order valence-electron chi connectivity index (χ0n) is 18.3. The molecule has 1 atom stereocenters. The molecule has 7 nitrogen and oxygen atoms in total. The minimum atomic E-state index is -0.589. The van der Waals surface area contributed by atoms with Crippen LogP contribution in [0.4, 0.5) is 11.5 Å². The molecule has 3 aromatic rings. The van der Waals surface area contributed by atoms with Gasteiger partial charge in [-0.25, -0.2) is 9.97 Å². The molecule has 0 aliphatic heterocycles. The highest BCUT2D eigenvalue weighted by Crippen LogP contribution is 2.27. The molecule has 0 aliphatic carbocycles. The Bertz CT molecular complexity index is 1070. The molecule has 0 spiro atoms. The molecule has 2 aromatic carbocycles. The van der Waals surface area contributed by atoms with Crippen molar-refractivity contribution >= 4 is 17.4 Å². The van der Waals surface area contributed by atoms with E-state index in [0.717, 1.165) is 22.4 Å². The van der Waals surface area contributed by atoms with E-state index in [1.807, 2.05) is 50.4 Å². The molecule has 4 N–H and O–H groups in total.